The maximum atomic E-state index is 13.5. The van der Waals surface area contributed by atoms with Gasteiger partial charge in [0.1, 0.15) is 0 Å². The fourth-order valence-electron chi connectivity index (χ4n) is 1.28. The molecule has 0 bridgehead atoms. The zero-order valence-electron chi connectivity index (χ0n) is 8.98. The van der Waals surface area contributed by atoms with E-state index in [4.69, 9.17) is 21.1 Å². The van der Waals surface area contributed by atoms with E-state index in [0.717, 1.165) is 6.07 Å². The second-order valence-corrected chi connectivity index (χ2v) is 3.63. The first-order chi connectivity index (χ1) is 8.20. The van der Waals surface area contributed by atoms with Crippen molar-refractivity contribution in [3.05, 3.63) is 47.4 Å². The zero-order valence-corrected chi connectivity index (χ0v) is 9.74. The maximum Gasteiger partial charge on any atom is 0.256 e. The first-order valence-electron chi connectivity index (χ1n) is 4.82. The van der Waals surface area contributed by atoms with Crippen LogP contribution in [-0.4, -0.2) is 12.1 Å². The van der Waals surface area contributed by atoms with Gasteiger partial charge in [0, 0.05) is 6.20 Å². The summed E-state index contributed by atoms with van der Waals surface area (Å²) in [7, 11) is 1.51. The molecule has 2 rings (SSSR count). The number of halogens is 2. The Morgan fingerprint density at radius 1 is 1.24 bits per heavy atom. The van der Waals surface area contributed by atoms with E-state index in [9.17, 15) is 4.39 Å². The molecule has 0 amide bonds. The largest absolute Gasteiger partial charge is 0.493 e. The first-order valence-corrected chi connectivity index (χ1v) is 5.20. The number of rotatable bonds is 3. The lowest BCUT2D eigenvalue weighted by atomic mass is 10.3. The van der Waals surface area contributed by atoms with Gasteiger partial charge in [-0.25, -0.2) is 9.37 Å². The number of nitrogens with zero attached hydrogens (tertiary/aromatic N) is 1. The molecule has 0 aliphatic heterocycles. The van der Waals surface area contributed by atoms with Gasteiger partial charge in [-0.2, -0.15) is 0 Å². The Morgan fingerprint density at radius 2 is 1.94 bits per heavy atom. The SMILES string of the molecule is COc1ccccc1Oc1ncc(Cl)cc1F. The molecule has 0 atom stereocenters. The van der Waals surface area contributed by atoms with Crippen LogP contribution < -0.4 is 9.47 Å². The molecule has 0 saturated carbocycles. The van der Waals surface area contributed by atoms with Crippen molar-refractivity contribution in [2.24, 2.45) is 0 Å². The quantitative estimate of drug-likeness (QED) is 0.836. The van der Waals surface area contributed by atoms with Crippen LogP contribution in [0, 0.1) is 5.82 Å². The lowest BCUT2D eigenvalue weighted by Crippen LogP contribution is -1.94. The second kappa shape index (κ2) is 5.01. The van der Waals surface area contributed by atoms with E-state index in [-0.39, 0.29) is 10.9 Å². The normalized spacial score (nSPS) is 10.1. The molecule has 1 aromatic carbocycles. The van der Waals surface area contributed by atoms with Crippen molar-refractivity contribution in [2.75, 3.05) is 7.11 Å². The van der Waals surface area contributed by atoms with Gasteiger partial charge in [-0.15, -0.1) is 0 Å². The van der Waals surface area contributed by atoms with Crippen LogP contribution in [0.15, 0.2) is 36.5 Å². The third-order valence-electron chi connectivity index (χ3n) is 2.05. The van der Waals surface area contributed by atoms with E-state index in [0.29, 0.717) is 11.5 Å². The van der Waals surface area contributed by atoms with Gasteiger partial charge >= 0.3 is 0 Å². The Balaban J connectivity index is 2.31. The van der Waals surface area contributed by atoms with Crippen molar-refractivity contribution in [1.82, 2.24) is 4.98 Å². The number of hydrogen-bond donors (Lipinski definition) is 0. The number of pyridine rings is 1. The van der Waals surface area contributed by atoms with Gasteiger partial charge in [0.2, 0.25) is 0 Å². The Morgan fingerprint density at radius 3 is 2.59 bits per heavy atom. The second-order valence-electron chi connectivity index (χ2n) is 3.19. The minimum Gasteiger partial charge on any atom is -0.493 e. The van der Waals surface area contributed by atoms with Crippen molar-refractivity contribution in [2.45, 2.75) is 0 Å². The molecule has 0 radical (unpaired) electrons. The Hall–Kier alpha value is -1.81. The van der Waals surface area contributed by atoms with Crippen LogP contribution in [0.3, 0.4) is 0 Å². The average molecular weight is 254 g/mol. The van der Waals surface area contributed by atoms with Crippen LogP contribution in [-0.2, 0) is 0 Å². The number of ether oxygens (including phenoxy) is 2. The predicted molar refractivity (Wildman–Crippen MR) is 62.3 cm³/mol. The fourth-order valence-corrected chi connectivity index (χ4v) is 1.43. The molecule has 0 saturated heterocycles. The molecule has 17 heavy (non-hydrogen) atoms. The molecule has 5 heteroatoms. The molecule has 0 N–H and O–H groups in total. The molecule has 88 valence electrons. The van der Waals surface area contributed by atoms with Gasteiger partial charge in [0.25, 0.3) is 5.88 Å². The molecule has 0 aliphatic carbocycles. The highest BCUT2D eigenvalue weighted by Crippen LogP contribution is 2.31. The van der Waals surface area contributed by atoms with Gasteiger partial charge in [0.15, 0.2) is 17.3 Å². The third kappa shape index (κ3) is 2.65. The fraction of sp³-hybridized carbons (Fsp3) is 0.0833. The summed E-state index contributed by atoms with van der Waals surface area (Å²) in [5.41, 5.74) is 0. The third-order valence-corrected chi connectivity index (χ3v) is 2.26. The summed E-state index contributed by atoms with van der Waals surface area (Å²) in [6.07, 6.45) is 1.31. The van der Waals surface area contributed by atoms with E-state index < -0.39 is 5.82 Å². The van der Waals surface area contributed by atoms with Crippen molar-refractivity contribution in [1.29, 1.82) is 0 Å². The molecular weight excluding hydrogens is 245 g/mol. The molecule has 3 nitrogen and oxygen atoms in total. The van der Waals surface area contributed by atoms with E-state index in [1.165, 1.54) is 13.3 Å². The van der Waals surface area contributed by atoms with Gasteiger partial charge in [-0.05, 0) is 18.2 Å². The molecule has 0 fully saturated rings. The highest BCUT2D eigenvalue weighted by molar-refractivity contribution is 6.30. The molecule has 0 spiro atoms. The Kier molecular flexibility index (Phi) is 3.44. The molecule has 1 heterocycles. The maximum absolute atomic E-state index is 13.5. The summed E-state index contributed by atoms with van der Waals surface area (Å²) in [6.45, 7) is 0. The lowest BCUT2D eigenvalue weighted by molar-refractivity contribution is 0.364. The van der Waals surface area contributed by atoms with Crippen LogP contribution in [0.5, 0.6) is 17.4 Å². The number of hydrogen-bond acceptors (Lipinski definition) is 3. The van der Waals surface area contributed by atoms with Crippen LogP contribution in [0.2, 0.25) is 5.02 Å². The Bertz CT molecular complexity index is 534. The smallest absolute Gasteiger partial charge is 0.256 e. The summed E-state index contributed by atoms with van der Waals surface area (Å²) in [6, 6.07) is 8.06. The van der Waals surface area contributed by atoms with Gasteiger partial charge in [0.05, 0.1) is 12.1 Å². The van der Waals surface area contributed by atoms with E-state index in [2.05, 4.69) is 4.98 Å². The van der Waals surface area contributed by atoms with Gasteiger partial charge in [-0.3, -0.25) is 0 Å². The monoisotopic (exact) mass is 253 g/mol. The predicted octanol–water partition coefficient (Wildman–Crippen LogP) is 3.68. The van der Waals surface area contributed by atoms with Crippen LogP contribution in [0.1, 0.15) is 0 Å². The Labute approximate surface area is 103 Å². The van der Waals surface area contributed by atoms with Crippen molar-refractivity contribution < 1.29 is 13.9 Å². The standard InChI is InChI=1S/C12H9ClFNO2/c1-16-10-4-2-3-5-11(10)17-12-9(14)6-8(13)7-15-12/h2-7H,1H3. The molecule has 1 aromatic heterocycles. The minimum absolute atomic E-state index is 0.140. The van der Waals surface area contributed by atoms with E-state index in [1.807, 2.05) is 0 Å². The summed E-state index contributed by atoms with van der Waals surface area (Å²) in [5, 5.41) is 0.217. The summed E-state index contributed by atoms with van der Waals surface area (Å²) in [4.78, 5) is 3.76. The lowest BCUT2D eigenvalue weighted by Gasteiger charge is -2.09. The molecule has 0 aliphatic rings. The number of methoxy groups -OCH3 is 1. The molecule has 2 aromatic rings. The average Bonchev–Trinajstić information content (AvgIpc) is 2.33. The summed E-state index contributed by atoms with van der Waals surface area (Å²) in [5.74, 6) is 0.134. The molecule has 0 unspecified atom stereocenters. The summed E-state index contributed by atoms with van der Waals surface area (Å²) >= 11 is 5.60. The molecular formula is C12H9ClFNO2. The van der Waals surface area contributed by atoms with Gasteiger partial charge < -0.3 is 9.47 Å². The number of aromatic nitrogens is 1. The van der Waals surface area contributed by atoms with Crippen molar-refractivity contribution >= 4 is 11.6 Å². The van der Waals surface area contributed by atoms with Crippen molar-refractivity contribution in [3.63, 3.8) is 0 Å². The summed E-state index contributed by atoms with van der Waals surface area (Å²) < 4.78 is 23.9. The highest BCUT2D eigenvalue weighted by Gasteiger charge is 2.10. The number of para-hydroxylation sites is 2. The minimum atomic E-state index is -0.622. The first kappa shape index (κ1) is 11.7. The van der Waals surface area contributed by atoms with Crippen molar-refractivity contribution in [3.8, 4) is 17.4 Å². The van der Waals surface area contributed by atoms with E-state index >= 15 is 0 Å². The zero-order chi connectivity index (χ0) is 12.3. The highest BCUT2D eigenvalue weighted by atomic mass is 35.5. The van der Waals surface area contributed by atoms with E-state index in [1.54, 1.807) is 24.3 Å². The topological polar surface area (TPSA) is 31.4 Å². The van der Waals surface area contributed by atoms with Gasteiger partial charge in [-0.1, -0.05) is 23.7 Å². The van der Waals surface area contributed by atoms with Crippen LogP contribution >= 0.6 is 11.6 Å². The number of benzene rings is 1. The van der Waals surface area contributed by atoms with Crippen LogP contribution in [0.25, 0.3) is 0 Å². The van der Waals surface area contributed by atoms with Crippen LogP contribution in [0.4, 0.5) is 4.39 Å².